The van der Waals surface area contributed by atoms with Gasteiger partial charge in [-0.2, -0.15) is 0 Å². The van der Waals surface area contributed by atoms with Crippen molar-refractivity contribution in [1.82, 2.24) is 0 Å². The summed E-state index contributed by atoms with van der Waals surface area (Å²) >= 11 is 0. The lowest BCUT2D eigenvalue weighted by atomic mass is 9.46. The largest absolute Gasteiger partial charge is 0.393 e. The number of carbonyl (C=O) groups is 2. The third kappa shape index (κ3) is 2.66. The molecule has 4 fully saturated rings. The van der Waals surface area contributed by atoms with Gasteiger partial charge in [0, 0.05) is 16.7 Å². The highest BCUT2D eigenvalue weighted by Crippen LogP contribution is 2.69. The van der Waals surface area contributed by atoms with Crippen LogP contribution in [-0.4, -0.2) is 63.7 Å². The molecule has 3 saturated carbocycles. The van der Waals surface area contributed by atoms with E-state index >= 15 is 0 Å². The number of aliphatic hydroxyl groups is 3. The Bertz CT molecular complexity index is 895. The summed E-state index contributed by atoms with van der Waals surface area (Å²) in [7, 11) is 0. The van der Waals surface area contributed by atoms with Gasteiger partial charge in [0.05, 0.1) is 12.2 Å². The molecule has 32 heavy (non-hydrogen) atoms. The van der Waals surface area contributed by atoms with E-state index in [-0.39, 0.29) is 23.5 Å². The van der Waals surface area contributed by atoms with Crippen LogP contribution in [0, 0.1) is 28.6 Å². The molecule has 0 aromatic rings. The van der Waals surface area contributed by atoms with Gasteiger partial charge in [-0.3, -0.25) is 9.59 Å². The van der Waals surface area contributed by atoms with Crippen LogP contribution in [0.15, 0.2) is 23.8 Å². The minimum absolute atomic E-state index is 0.00344. The number of carbonyl (C=O) groups excluding carboxylic acids is 2. The zero-order valence-corrected chi connectivity index (χ0v) is 19.0. The summed E-state index contributed by atoms with van der Waals surface area (Å²) in [6, 6.07) is 0. The summed E-state index contributed by atoms with van der Waals surface area (Å²) < 4.78 is 12.4. The van der Waals surface area contributed by atoms with E-state index < -0.39 is 53.4 Å². The van der Waals surface area contributed by atoms with Crippen LogP contribution in [0.3, 0.4) is 0 Å². The van der Waals surface area contributed by atoms with Gasteiger partial charge in [0.15, 0.2) is 23.5 Å². The van der Waals surface area contributed by atoms with Crippen molar-refractivity contribution in [3.05, 3.63) is 23.8 Å². The fourth-order valence-corrected chi connectivity index (χ4v) is 8.08. The number of aliphatic hydroxyl groups excluding tert-OH is 3. The molecule has 0 radical (unpaired) electrons. The molecular formula is C25H34O7. The van der Waals surface area contributed by atoms with Gasteiger partial charge < -0.3 is 24.8 Å². The normalized spacial score (nSPS) is 50.2. The van der Waals surface area contributed by atoms with Crippen molar-refractivity contribution in [2.75, 3.05) is 6.61 Å². The van der Waals surface area contributed by atoms with E-state index in [0.717, 1.165) is 18.4 Å². The number of ketones is 2. The van der Waals surface area contributed by atoms with Gasteiger partial charge >= 0.3 is 0 Å². The lowest BCUT2D eigenvalue weighted by Gasteiger charge is -2.59. The molecule has 0 aromatic carbocycles. The Morgan fingerprint density at radius 3 is 2.78 bits per heavy atom. The van der Waals surface area contributed by atoms with Crippen molar-refractivity contribution in [2.24, 2.45) is 28.6 Å². The van der Waals surface area contributed by atoms with Crippen LogP contribution in [0.4, 0.5) is 0 Å². The maximum absolute atomic E-state index is 13.3. The third-order valence-corrected chi connectivity index (χ3v) is 9.55. The van der Waals surface area contributed by atoms with Crippen LogP contribution in [0.2, 0.25) is 0 Å². The highest BCUT2D eigenvalue weighted by atomic mass is 16.8. The van der Waals surface area contributed by atoms with E-state index in [1.165, 1.54) is 0 Å². The lowest BCUT2D eigenvalue weighted by Crippen LogP contribution is -2.63. The predicted molar refractivity (Wildman–Crippen MR) is 114 cm³/mol. The molecule has 10 atom stereocenters. The summed E-state index contributed by atoms with van der Waals surface area (Å²) in [5, 5.41) is 31.8. The van der Waals surface area contributed by atoms with Crippen LogP contribution in [-0.2, 0) is 19.1 Å². The van der Waals surface area contributed by atoms with Gasteiger partial charge in [0.25, 0.3) is 0 Å². The fraction of sp³-hybridized carbons (Fsp3) is 0.760. The van der Waals surface area contributed by atoms with Crippen molar-refractivity contribution in [3.8, 4) is 0 Å². The van der Waals surface area contributed by atoms with Gasteiger partial charge in [0.1, 0.15) is 12.7 Å². The lowest BCUT2D eigenvalue weighted by molar-refractivity contribution is -0.215. The van der Waals surface area contributed by atoms with Crippen LogP contribution < -0.4 is 0 Å². The number of hydrogen-bond acceptors (Lipinski definition) is 7. The molecule has 1 heterocycles. The fourth-order valence-electron chi connectivity index (χ4n) is 8.08. The van der Waals surface area contributed by atoms with Crippen molar-refractivity contribution < 1.29 is 34.4 Å². The van der Waals surface area contributed by atoms with Crippen LogP contribution in [0.1, 0.15) is 52.9 Å². The first kappa shape index (κ1) is 22.4. The average Bonchev–Trinajstić information content (AvgIpc) is 3.26. The molecular weight excluding hydrogens is 412 g/mol. The number of Topliss-reactive ketones (excluding diaryl/α,β-unsaturated/α-hetero) is 1. The average molecular weight is 447 g/mol. The van der Waals surface area contributed by atoms with E-state index in [9.17, 15) is 24.9 Å². The first-order valence-electron chi connectivity index (χ1n) is 11.9. The molecule has 0 spiro atoms. The Kier molecular flexibility index (Phi) is 5.12. The highest BCUT2D eigenvalue weighted by molar-refractivity contribution is 6.01. The predicted octanol–water partition coefficient (Wildman–Crippen LogP) is 1.69. The minimum Gasteiger partial charge on any atom is -0.393 e. The van der Waals surface area contributed by atoms with Crippen molar-refractivity contribution in [2.45, 2.75) is 83.1 Å². The molecule has 0 aromatic heterocycles. The summed E-state index contributed by atoms with van der Waals surface area (Å²) in [4.78, 5) is 25.2. The molecule has 0 bridgehead atoms. The molecule has 2 unspecified atom stereocenters. The summed E-state index contributed by atoms with van der Waals surface area (Å²) in [5.41, 5.74) is -1.43. The zero-order chi connectivity index (χ0) is 23.1. The zero-order valence-electron chi connectivity index (χ0n) is 19.0. The highest BCUT2D eigenvalue weighted by Gasteiger charge is 2.76. The summed E-state index contributed by atoms with van der Waals surface area (Å²) in [6.07, 6.45) is 5.18. The van der Waals surface area contributed by atoms with Gasteiger partial charge in [-0.15, -0.1) is 0 Å². The molecule has 3 N–H and O–H groups in total. The molecule has 5 rings (SSSR count). The number of rotatable bonds is 4. The topological polar surface area (TPSA) is 113 Å². The van der Waals surface area contributed by atoms with Gasteiger partial charge in [-0.05, 0) is 56.1 Å². The Labute approximate surface area is 188 Å². The maximum atomic E-state index is 13.3. The minimum atomic E-state index is -1.38. The third-order valence-electron chi connectivity index (χ3n) is 9.55. The van der Waals surface area contributed by atoms with Crippen LogP contribution in [0.5, 0.6) is 0 Å². The van der Waals surface area contributed by atoms with Crippen LogP contribution in [0.25, 0.3) is 0 Å². The standard InChI is InChI=1S/C25H34O7/c1-4-17(28)22-31-20-10-16-15-6-5-13-9-14(27)7-8-23(13,2)21(15)18(29)11-24(16,3)25(20,32-22)19(30)12-26/h7-9,15-18,20-22,26,28-29H,4-6,10-12H2,1-3H3/t15-,16-,17?,18-,20-,21+,22?,23-,24-,25+/m0/s1. The summed E-state index contributed by atoms with van der Waals surface area (Å²) in [6.45, 7) is 5.25. The Hall–Kier alpha value is -1.38. The van der Waals surface area contributed by atoms with Gasteiger partial charge in [0.2, 0.25) is 0 Å². The Morgan fingerprint density at radius 1 is 1.34 bits per heavy atom. The summed E-state index contributed by atoms with van der Waals surface area (Å²) in [5.74, 6) is -0.326. The van der Waals surface area contributed by atoms with Crippen molar-refractivity contribution in [3.63, 3.8) is 0 Å². The van der Waals surface area contributed by atoms with Gasteiger partial charge in [-0.1, -0.05) is 32.4 Å². The van der Waals surface area contributed by atoms with Gasteiger partial charge in [-0.25, -0.2) is 0 Å². The molecule has 7 nitrogen and oxygen atoms in total. The van der Waals surface area contributed by atoms with Crippen LogP contribution >= 0.6 is 0 Å². The number of hydrogen-bond donors (Lipinski definition) is 3. The van der Waals surface area contributed by atoms with Crippen molar-refractivity contribution in [1.29, 1.82) is 0 Å². The quantitative estimate of drug-likeness (QED) is 0.602. The number of ether oxygens (including phenoxy) is 2. The SMILES string of the molecule is CCC(O)C1O[C@H]2C[C@H]3[C@@H]4CCC5=CC(=O)C=C[C@]5(C)[C@H]4[C@@H](O)C[C@]3(C)[C@]2(C(=O)CO)O1. The second-order valence-corrected chi connectivity index (χ2v) is 10.9. The Morgan fingerprint density at radius 2 is 2.09 bits per heavy atom. The maximum Gasteiger partial charge on any atom is 0.193 e. The molecule has 1 saturated heterocycles. The second-order valence-electron chi connectivity index (χ2n) is 10.9. The van der Waals surface area contributed by atoms with E-state index in [2.05, 4.69) is 6.92 Å². The van der Waals surface area contributed by atoms with E-state index in [4.69, 9.17) is 9.47 Å². The molecule has 0 amide bonds. The smallest absolute Gasteiger partial charge is 0.193 e. The molecule has 5 aliphatic rings. The second kappa shape index (κ2) is 7.31. The first-order chi connectivity index (χ1) is 15.1. The molecule has 4 aliphatic carbocycles. The molecule has 1 aliphatic heterocycles. The van der Waals surface area contributed by atoms with E-state index in [1.54, 1.807) is 12.2 Å². The molecule has 7 heteroatoms. The van der Waals surface area contributed by atoms with Crippen molar-refractivity contribution >= 4 is 11.6 Å². The van der Waals surface area contributed by atoms with E-state index in [0.29, 0.717) is 19.3 Å². The number of allylic oxidation sites excluding steroid dienone is 4. The number of fused-ring (bicyclic) bond motifs is 7. The monoisotopic (exact) mass is 446 g/mol. The van der Waals surface area contributed by atoms with E-state index in [1.807, 2.05) is 19.9 Å². The molecule has 176 valence electrons. The Balaban J connectivity index is 1.55. The first-order valence-corrected chi connectivity index (χ1v) is 11.9.